The van der Waals surface area contributed by atoms with E-state index in [2.05, 4.69) is 33.4 Å². The van der Waals surface area contributed by atoms with Gasteiger partial charge < -0.3 is 14.8 Å². The van der Waals surface area contributed by atoms with Gasteiger partial charge in [-0.05, 0) is 29.3 Å². The van der Waals surface area contributed by atoms with Crippen LogP contribution >= 0.6 is 27.5 Å². The minimum absolute atomic E-state index is 0.571. The van der Waals surface area contributed by atoms with Crippen molar-refractivity contribution in [2.75, 3.05) is 14.2 Å². The normalized spacial score (nSPS) is 10.5. The highest BCUT2D eigenvalue weighted by Crippen LogP contribution is 2.37. The Hall–Kier alpha value is -1.23. The Labute approximate surface area is 138 Å². The third-order valence-corrected chi connectivity index (χ3v) is 4.07. The molecule has 0 aromatic heterocycles. The number of hydrogen-bond acceptors (Lipinski definition) is 3. The van der Waals surface area contributed by atoms with E-state index < -0.39 is 0 Å². The molecule has 0 saturated heterocycles. The van der Waals surface area contributed by atoms with Gasteiger partial charge in [0.2, 0.25) is 0 Å². The Balaban J connectivity index is 2.01. The van der Waals surface area contributed by atoms with Gasteiger partial charge >= 0.3 is 0 Å². The quantitative estimate of drug-likeness (QED) is 0.817. The summed E-state index contributed by atoms with van der Waals surface area (Å²) in [5.74, 6) is 1.21. The van der Waals surface area contributed by atoms with Gasteiger partial charge in [0.15, 0.2) is 11.5 Å². The Morgan fingerprint density at radius 2 is 1.71 bits per heavy atom. The fourth-order valence-electron chi connectivity index (χ4n) is 2.01. The molecule has 0 aliphatic carbocycles. The van der Waals surface area contributed by atoms with Crippen LogP contribution in [0.2, 0.25) is 5.02 Å². The Morgan fingerprint density at radius 3 is 2.33 bits per heavy atom. The number of ether oxygens (including phenoxy) is 2. The molecular formula is C16H17BrClNO2. The molecule has 0 aliphatic rings. The maximum absolute atomic E-state index is 6.34. The molecule has 0 saturated carbocycles. The van der Waals surface area contributed by atoms with Crippen LogP contribution in [-0.4, -0.2) is 14.2 Å². The molecule has 0 radical (unpaired) electrons. The van der Waals surface area contributed by atoms with E-state index in [1.807, 2.05) is 24.3 Å². The van der Waals surface area contributed by atoms with Gasteiger partial charge in [-0.1, -0.05) is 45.7 Å². The second-order valence-corrected chi connectivity index (χ2v) is 5.80. The van der Waals surface area contributed by atoms with Crippen molar-refractivity contribution in [3.63, 3.8) is 0 Å². The standard InChI is InChI=1S/C16H17BrClNO2/c1-20-14-8-5-12(15(18)16(14)21-2)10-19-9-11-3-6-13(17)7-4-11/h3-8,19H,9-10H2,1-2H3. The number of hydrogen-bond donors (Lipinski definition) is 1. The average Bonchev–Trinajstić information content (AvgIpc) is 2.50. The van der Waals surface area contributed by atoms with Gasteiger partial charge in [-0.3, -0.25) is 0 Å². The van der Waals surface area contributed by atoms with Crippen molar-refractivity contribution >= 4 is 27.5 Å². The Morgan fingerprint density at radius 1 is 1.00 bits per heavy atom. The predicted molar refractivity (Wildman–Crippen MR) is 89.2 cm³/mol. The molecule has 1 N–H and O–H groups in total. The van der Waals surface area contributed by atoms with Crippen LogP contribution in [0.15, 0.2) is 40.9 Å². The highest BCUT2D eigenvalue weighted by atomic mass is 79.9. The lowest BCUT2D eigenvalue weighted by molar-refractivity contribution is 0.354. The molecule has 5 heteroatoms. The van der Waals surface area contributed by atoms with Crippen molar-refractivity contribution in [1.29, 1.82) is 0 Å². The van der Waals surface area contributed by atoms with Gasteiger partial charge in [-0.2, -0.15) is 0 Å². The number of rotatable bonds is 6. The summed E-state index contributed by atoms with van der Waals surface area (Å²) < 4.78 is 11.6. The zero-order chi connectivity index (χ0) is 15.2. The third kappa shape index (κ3) is 4.13. The summed E-state index contributed by atoms with van der Waals surface area (Å²) in [7, 11) is 3.18. The van der Waals surface area contributed by atoms with E-state index in [4.69, 9.17) is 21.1 Å². The van der Waals surface area contributed by atoms with E-state index in [-0.39, 0.29) is 0 Å². The fourth-order valence-corrected chi connectivity index (χ4v) is 2.57. The summed E-state index contributed by atoms with van der Waals surface area (Å²) in [6.07, 6.45) is 0. The molecule has 112 valence electrons. The second-order valence-electron chi connectivity index (χ2n) is 4.50. The van der Waals surface area contributed by atoms with Gasteiger partial charge in [-0.25, -0.2) is 0 Å². The minimum atomic E-state index is 0.571. The first kappa shape index (κ1) is 16.1. The van der Waals surface area contributed by atoms with Crippen LogP contribution in [-0.2, 0) is 13.1 Å². The molecule has 0 aliphatic heterocycles. The van der Waals surface area contributed by atoms with Crippen LogP contribution in [0.3, 0.4) is 0 Å². The van der Waals surface area contributed by atoms with Crippen molar-refractivity contribution in [3.8, 4) is 11.5 Å². The van der Waals surface area contributed by atoms with Gasteiger partial charge in [0.05, 0.1) is 19.2 Å². The molecule has 0 bridgehead atoms. The lowest BCUT2D eigenvalue weighted by Gasteiger charge is -2.13. The topological polar surface area (TPSA) is 30.5 Å². The van der Waals surface area contributed by atoms with E-state index in [9.17, 15) is 0 Å². The third-order valence-electron chi connectivity index (χ3n) is 3.12. The average molecular weight is 371 g/mol. The van der Waals surface area contributed by atoms with Crippen LogP contribution in [0.25, 0.3) is 0 Å². The summed E-state index contributed by atoms with van der Waals surface area (Å²) in [4.78, 5) is 0. The van der Waals surface area contributed by atoms with Crippen LogP contribution in [0.5, 0.6) is 11.5 Å². The maximum atomic E-state index is 6.34. The molecule has 3 nitrogen and oxygen atoms in total. The van der Waals surface area contributed by atoms with Gasteiger partial charge in [0.1, 0.15) is 0 Å². The van der Waals surface area contributed by atoms with Crippen molar-refractivity contribution in [2.24, 2.45) is 0 Å². The van der Waals surface area contributed by atoms with Crippen LogP contribution in [0, 0.1) is 0 Å². The van der Waals surface area contributed by atoms with Crippen molar-refractivity contribution in [2.45, 2.75) is 13.1 Å². The SMILES string of the molecule is COc1ccc(CNCc2ccc(Br)cc2)c(Cl)c1OC. The highest BCUT2D eigenvalue weighted by molar-refractivity contribution is 9.10. The van der Waals surface area contributed by atoms with Crippen molar-refractivity contribution < 1.29 is 9.47 Å². The zero-order valence-corrected chi connectivity index (χ0v) is 14.3. The molecule has 0 amide bonds. The van der Waals surface area contributed by atoms with E-state index in [1.54, 1.807) is 14.2 Å². The van der Waals surface area contributed by atoms with Crippen LogP contribution < -0.4 is 14.8 Å². The summed E-state index contributed by atoms with van der Waals surface area (Å²) in [6, 6.07) is 12.0. The van der Waals surface area contributed by atoms with Gasteiger partial charge in [0.25, 0.3) is 0 Å². The summed E-state index contributed by atoms with van der Waals surface area (Å²) in [5.41, 5.74) is 2.20. The minimum Gasteiger partial charge on any atom is -0.493 e. The van der Waals surface area contributed by atoms with E-state index >= 15 is 0 Å². The van der Waals surface area contributed by atoms with Crippen LogP contribution in [0.4, 0.5) is 0 Å². The molecule has 2 aromatic carbocycles. The number of methoxy groups -OCH3 is 2. The number of benzene rings is 2. The van der Waals surface area contributed by atoms with Crippen LogP contribution in [0.1, 0.15) is 11.1 Å². The highest BCUT2D eigenvalue weighted by Gasteiger charge is 2.12. The zero-order valence-electron chi connectivity index (χ0n) is 12.0. The first-order valence-electron chi connectivity index (χ1n) is 6.50. The monoisotopic (exact) mass is 369 g/mol. The first-order valence-corrected chi connectivity index (χ1v) is 7.67. The first-order chi connectivity index (χ1) is 10.2. The summed E-state index contributed by atoms with van der Waals surface area (Å²) >= 11 is 9.77. The lowest BCUT2D eigenvalue weighted by Crippen LogP contribution is -2.13. The molecule has 0 unspecified atom stereocenters. The molecule has 0 spiro atoms. The van der Waals surface area contributed by atoms with E-state index in [1.165, 1.54) is 5.56 Å². The lowest BCUT2D eigenvalue weighted by atomic mass is 10.2. The van der Waals surface area contributed by atoms with Gasteiger partial charge in [0, 0.05) is 17.6 Å². The smallest absolute Gasteiger partial charge is 0.179 e. The second kappa shape index (κ2) is 7.69. The molecule has 2 aromatic rings. The fraction of sp³-hybridized carbons (Fsp3) is 0.250. The van der Waals surface area contributed by atoms with Crippen molar-refractivity contribution in [3.05, 3.63) is 57.0 Å². The largest absolute Gasteiger partial charge is 0.493 e. The molecule has 2 rings (SSSR count). The Kier molecular flexibility index (Phi) is 5.91. The predicted octanol–water partition coefficient (Wildman–Crippen LogP) is 4.41. The summed E-state index contributed by atoms with van der Waals surface area (Å²) in [5, 5.41) is 3.95. The molecule has 21 heavy (non-hydrogen) atoms. The number of nitrogens with one attached hydrogen (secondary N) is 1. The molecule has 0 atom stereocenters. The number of halogens is 2. The molecule has 0 fully saturated rings. The van der Waals surface area contributed by atoms with E-state index in [0.717, 1.165) is 16.6 Å². The maximum Gasteiger partial charge on any atom is 0.179 e. The van der Waals surface area contributed by atoms with E-state index in [0.29, 0.717) is 23.1 Å². The van der Waals surface area contributed by atoms with Crippen molar-refractivity contribution in [1.82, 2.24) is 5.32 Å². The molecule has 0 heterocycles. The molecular weight excluding hydrogens is 354 g/mol. The Bertz CT molecular complexity index is 602. The van der Waals surface area contributed by atoms with Gasteiger partial charge in [-0.15, -0.1) is 0 Å². The summed E-state index contributed by atoms with van der Waals surface area (Å²) in [6.45, 7) is 1.44.